The normalized spacial score (nSPS) is 19.9. The molecule has 1 aliphatic carbocycles. The van der Waals surface area contributed by atoms with Crippen LogP contribution in [-0.4, -0.2) is 10.2 Å². The van der Waals surface area contributed by atoms with E-state index in [9.17, 15) is 0 Å². The van der Waals surface area contributed by atoms with Crippen LogP contribution < -0.4 is 0 Å². The number of allylic oxidation sites excluding steroid dienone is 3. The van der Waals surface area contributed by atoms with Crippen LogP contribution in [0.3, 0.4) is 0 Å². The van der Waals surface area contributed by atoms with Gasteiger partial charge in [-0.1, -0.05) is 0 Å². The molecule has 1 rings (SSSR count). The molecule has 0 aromatic heterocycles. The summed E-state index contributed by atoms with van der Waals surface area (Å²) in [5.74, 6) is 0.369. The van der Waals surface area contributed by atoms with Crippen molar-refractivity contribution in [2.24, 2.45) is 0 Å². The van der Waals surface area contributed by atoms with Crippen molar-refractivity contribution in [2.45, 2.75) is 12.8 Å². The Morgan fingerprint density at radius 3 is 2.56 bits per heavy atom. The summed E-state index contributed by atoms with van der Waals surface area (Å²) in [7, 11) is 0. The van der Waals surface area contributed by atoms with E-state index in [1.165, 1.54) is 0 Å². The first-order valence-electron chi connectivity index (χ1n) is 2.69. The van der Waals surface area contributed by atoms with Gasteiger partial charge in [-0.3, -0.25) is 0 Å². The molecule has 0 radical (unpaired) electrons. The fourth-order valence-corrected chi connectivity index (χ4v) is 1.05. The molecule has 0 aliphatic heterocycles. The fourth-order valence-electron chi connectivity index (χ4n) is 0.693. The van der Waals surface area contributed by atoms with Crippen molar-refractivity contribution in [3.8, 4) is 0 Å². The van der Waals surface area contributed by atoms with E-state index in [4.69, 9.17) is 10.2 Å². The summed E-state index contributed by atoms with van der Waals surface area (Å²) in [4.78, 5) is 0. The van der Waals surface area contributed by atoms with Gasteiger partial charge >= 0.3 is 0 Å². The number of rotatable bonds is 0. The molecule has 0 bridgehead atoms. The van der Waals surface area contributed by atoms with Gasteiger partial charge in [0, 0.05) is 6.42 Å². The first-order valence-corrected chi connectivity index (χ1v) is 3.48. The summed E-state index contributed by atoms with van der Waals surface area (Å²) in [6, 6.07) is 0. The van der Waals surface area contributed by atoms with E-state index in [1.54, 1.807) is 6.08 Å². The molecule has 1 aliphatic rings. The van der Waals surface area contributed by atoms with Crippen LogP contribution in [0.4, 0.5) is 0 Å². The highest BCUT2D eigenvalue weighted by atomic mass is 79.9. The Labute approximate surface area is 61.6 Å². The number of hydrogen-bond acceptors (Lipinski definition) is 2. The zero-order chi connectivity index (χ0) is 6.85. The number of aliphatic hydroxyl groups excluding tert-OH is 2. The third-order valence-electron chi connectivity index (χ3n) is 1.20. The summed E-state index contributed by atoms with van der Waals surface area (Å²) in [5, 5.41) is 17.9. The second-order valence-electron chi connectivity index (χ2n) is 1.89. The monoisotopic (exact) mass is 190 g/mol. The molecule has 0 atom stereocenters. The van der Waals surface area contributed by atoms with Gasteiger partial charge in [0.2, 0.25) is 0 Å². The second kappa shape index (κ2) is 2.43. The van der Waals surface area contributed by atoms with Crippen molar-refractivity contribution in [2.75, 3.05) is 0 Å². The Bertz CT molecular complexity index is 181. The molecule has 0 aromatic carbocycles. The SMILES string of the molecule is OC1=CCCC(O)=C1Br. The second-order valence-corrected chi connectivity index (χ2v) is 2.68. The van der Waals surface area contributed by atoms with Crippen LogP contribution in [0.25, 0.3) is 0 Å². The predicted molar refractivity (Wildman–Crippen MR) is 38.5 cm³/mol. The molecular formula is C6H7BrO2. The lowest BCUT2D eigenvalue weighted by atomic mass is 10.1. The fraction of sp³-hybridized carbons (Fsp3) is 0.333. The van der Waals surface area contributed by atoms with Gasteiger partial charge in [-0.2, -0.15) is 0 Å². The Morgan fingerprint density at radius 2 is 2.11 bits per heavy atom. The Hall–Kier alpha value is -0.440. The van der Waals surface area contributed by atoms with Gasteiger partial charge in [0.15, 0.2) is 0 Å². The van der Waals surface area contributed by atoms with E-state index in [0.29, 0.717) is 17.3 Å². The zero-order valence-electron chi connectivity index (χ0n) is 4.76. The molecule has 0 saturated carbocycles. The maximum absolute atomic E-state index is 8.98. The lowest BCUT2D eigenvalue weighted by Gasteiger charge is -2.07. The molecule has 0 fully saturated rings. The van der Waals surface area contributed by atoms with Gasteiger partial charge in [0.1, 0.15) is 11.5 Å². The van der Waals surface area contributed by atoms with Gasteiger partial charge in [0.25, 0.3) is 0 Å². The van der Waals surface area contributed by atoms with Gasteiger partial charge in [0.05, 0.1) is 4.48 Å². The maximum Gasteiger partial charge on any atom is 0.129 e. The van der Waals surface area contributed by atoms with E-state index in [-0.39, 0.29) is 11.5 Å². The van der Waals surface area contributed by atoms with E-state index < -0.39 is 0 Å². The van der Waals surface area contributed by atoms with E-state index in [2.05, 4.69) is 15.9 Å². The standard InChI is InChI=1S/C6H7BrO2/c7-6-4(8)2-1-3-5(6)9/h2,8-9H,1,3H2. The van der Waals surface area contributed by atoms with E-state index in [0.717, 1.165) is 0 Å². The molecule has 0 saturated heterocycles. The van der Waals surface area contributed by atoms with E-state index >= 15 is 0 Å². The topological polar surface area (TPSA) is 40.5 Å². The Morgan fingerprint density at radius 1 is 1.44 bits per heavy atom. The van der Waals surface area contributed by atoms with Crippen molar-refractivity contribution in [1.82, 2.24) is 0 Å². The minimum absolute atomic E-state index is 0.138. The quantitative estimate of drug-likeness (QED) is 0.617. The summed E-state index contributed by atoms with van der Waals surface area (Å²) >= 11 is 3.03. The maximum atomic E-state index is 8.98. The van der Waals surface area contributed by atoms with Gasteiger partial charge in [-0.15, -0.1) is 0 Å². The average molecular weight is 191 g/mol. The first-order chi connectivity index (χ1) is 4.22. The molecule has 0 heterocycles. The summed E-state index contributed by atoms with van der Waals surface area (Å²) in [6.45, 7) is 0. The van der Waals surface area contributed by atoms with Crippen LogP contribution in [0.1, 0.15) is 12.8 Å². The van der Waals surface area contributed by atoms with Crippen LogP contribution in [0.5, 0.6) is 0 Å². The number of hydrogen-bond donors (Lipinski definition) is 2. The van der Waals surface area contributed by atoms with Crippen LogP contribution >= 0.6 is 15.9 Å². The molecule has 9 heavy (non-hydrogen) atoms. The molecule has 2 N–H and O–H groups in total. The number of aliphatic hydroxyl groups is 2. The molecule has 2 nitrogen and oxygen atoms in total. The van der Waals surface area contributed by atoms with E-state index in [1.807, 2.05) is 0 Å². The highest BCUT2D eigenvalue weighted by Gasteiger charge is 2.10. The Balaban J connectivity index is 2.88. The molecule has 50 valence electrons. The van der Waals surface area contributed by atoms with Crippen molar-refractivity contribution in [3.63, 3.8) is 0 Å². The van der Waals surface area contributed by atoms with Gasteiger partial charge < -0.3 is 10.2 Å². The lowest BCUT2D eigenvalue weighted by Crippen LogP contribution is -1.94. The van der Waals surface area contributed by atoms with Crippen LogP contribution in [0.15, 0.2) is 22.1 Å². The zero-order valence-corrected chi connectivity index (χ0v) is 6.35. The third-order valence-corrected chi connectivity index (χ3v) is 2.06. The highest BCUT2D eigenvalue weighted by molar-refractivity contribution is 9.12. The van der Waals surface area contributed by atoms with Crippen LogP contribution in [-0.2, 0) is 0 Å². The molecule has 0 amide bonds. The lowest BCUT2D eigenvalue weighted by molar-refractivity contribution is 0.361. The minimum atomic E-state index is 0.138. The summed E-state index contributed by atoms with van der Waals surface area (Å²) in [5.41, 5.74) is 0. The van der Waals surface area contributed by atoms with Crippen LogP contribution in [0, 0.1) is 0 Å². The largest absolute Gasteiger partial charge is 0.511 e. The van der Waals surface area contributed by atoms with Gasteiger partial charge in [-0.25, -0.2) is 0 Å². The summed E-state index contributed by atoms with van der Waals surface area (Å²) in [6.07, 6.45) is 3.00. The van der Waals surface area contributed by atoms with Crippen molar-refractivity contribution in [1.29, 1.82) is 0 Å². The summed E-state index contributed by atoms with van der Waals surface area (Å²) < 4.78 is 0.425. The number of halogens is 1. The highest BCUT2D eigenvalue weighted by Crippen LogP contribution is 2.25. The first kappa shape index (κ1) is 6.68. The van der Waals surface area contributed by atoms with Crippen molar-refractivity contribution in [3.05, 3.63) is 22.1 Å². The molecule has 0 spiro atoms. The molecule has 0 aromatic rings. The molecule has 0 unspecified atom stereocenters. The minimum Gasteiger partial charge on any atom is -0.511 e. The molecular weight excluding hydrogens is 184 g/mol. The average Bonchev–Trinajstić information content (AvgIpc) is 1.83. The third kappa shape index (κ3) is 1.27. The Kier molecular flexibility index (Phi) is 1.81. The van der Waals surface area contributed by atoms with Crippen LogP contribution in [0.2, 0.25) is 0 Å². The molecule has 3 heteroatoms. The smallest absolute Gasteiger partial charge is 0.129 e. The predicted octanol–water partition coefficient (Wildman–Crippen LogP) is 2.39. The van der Waals surface area contributed by atoms with Gasteiger partial charge in [-0.05, 0) is 28.4 Å². The van der Waals surface area contributed by atoms with Crippen molar-refractivity contribution < 1.29 is 10.2 Å². The van der Waals surface area contributed by atoms with Crippen molar-refractivity contribution >= 4 is 15.9 Å².